The van der Waals surface area contributed by atoms with Gasteiger partial charge in [0.1, 0.15) is 11.7 Å². The van der Waals surface area contributed by atoms with Crippen LogP contribution in [0, 0.1) is 51.4 Å². The molecule has 35 heavy (non-hydrogen) atoms. The van der Waals surface area contributed by atoms with Crippen LogP contribution in [-0.4, -0.2) is 38.7 Å². The fraction of sp³-hybridized carbons (Fsp3) is 0.833. The molecule has 0 saturated heterocycles. The summed E-state index contributed by atoms with van der Waals surface area (Å²) in [6.07, 6.45) is 7.56. The van der Waals surface area contributed by atoms with Crippen molar-refractivity contribution in [2.45, 2.75) is 105 Å². The highest BCUT2D eigenvalue weighted by Crippen LogP contribution is 2.76. The molecule has 0 aromatic carbocycles. The highest BCUT2D eigenvalue weighted by atomic mass is 16.3. The molecular weight excluding hydrogens is 438 g/mol. The van der Waals surface area contributed by atoms with E-state index >= 15 is 0 Å². The molecule has 0 unspecified atom stereocenters. The zero-order valence-corrected chi connectivity index (χ0v) is 22.5. The van der Waals surface area contributed by atoms with Crippen molar-refractivity contribution in [3.05, 3.63) is 34.5 Å². The minimum atomic E-state index is -1.33. The zero-order valence-electron chi connectivity index (χ0n) is 22.5. The molecule has 0 spiro atoms. The van der Waals surface area contributed by atoms with Crippen molar-refractivity contribution < 1.29 is 20.4 Å². The quantitative estimate of drug-likeness (QED) is 0.282. The number of rotatable bonds is 1. The lowest BCUT2D eigenvalue weighted by Crippen LogP contribution is -2.75. The van der Waals surface area contributed by atoms with E-state index in [0.29, 0.717) is 12.1 Å². The first-order chi connectivity index (χ1) is 16.2. The van der Waals surface area contributed by atoms with Gasteiger partial charge in [-0.2, -0.15) is 0 Å². The third-order valence-corrected chi connectivity index (χ3v) is 12.6. The summed E-state index contributed by atoms with van der Waals surface area (Å²) in [6, 6.07) is 0. The summed E-state index contributed by atoms with van der Waals surface area (Å²) in [5.74, 6) is 0.163. The Bertz CT molecular complexity index is 1040. The highest BCUT2D eigenvalue weighted by Gasteiger charge is 2.74. The van der Waals surface area contributed by atoms with Gasteiger partial charge in [0.05, 0.1) is 12.3 Å². The Kier molecular flexibility index (Phi) is 5.32. The number of fused-ring (bicyclic) bond motifs is 7. The van der Waals surface area contributed by atoms with E-state index in [1.807, 2.05) is 13.0 Å². The Morgan fingerprint density at radius 3 is 2.34 bits per heavy atom. The Labute approximate surface area is 211 Å². The van der Waals surface area contributed by atoms with E-state index in [2.05, 4.69) is 39.5 Å². The predicted octanol–water partition coefficient (Wildman–Crippen LogP) is 5.77. The molecule has 0 heterocycles. The molecule has 3 saturated carbocycles. The van der Waals surface area contributed by atoms with E-state index in [4.69, 9.17) is 6.57 Å². The van der Waals surface area contributed by atoms with E-state index < -0.39 is 17.1 Å². The number of hydrogen-bond acceptors (Lipinski definition) is 4. The van der Waals surface area contributed by atoms with E-state index in [9.17, 15) is 20.4 Å². The molecule has 5 rings (SSSR count). The Morgan fingerprint density at radius 1 is 1.06 bits per heavy atom. The van der Waals surface area contributed by atoms with E-state index in [1.165, 1.54) is 5.57 Å². The number of nitrogens with zero attached hydrogens (tertiary/aromatic N) is 1. The lowest BCUT2D eigenvalue weighted by atomic mass is 9.33. The largest absolute Gasteiger partial charge is 0.523 e. The number of hydrogen-bond donors (Lipinski definition) is 4. The first-order valence-corrected chi connectivity index (χ1v) is 13.7. The lowest BCUT2D eigenvalue weighted by molar-refractivity contribution is -0.292. The second-order valence-corrected chi connectivity index (χ2v) is 14.4. The number of allylic oxidation sites excluding steroid dienone is 3. The van der Waals surface area contributed by atoms with E-state index in [-0.39, 0.29) is 51.8 Å². The van der Waals surface area contributed by atoms with E-state index in [1.54, 1.807) is 0 Å². The Balaban J connectivity index is 1.69. The van der Waals surface area contributed by atoms with Crippen molar-refractivity contribution >= 4 is 0 Å². The van der Waals surface area contributed by atoms with Crippen molar-refractivity contribution in [3.8, 4) is 0 Å². The summed E-state index contributed by atoms with van der Waals surface area (Å²) in [7, 11) is 0. The molecule has 0 radical (unpaired) electrons. The third-order valence-electron chi connectivity index (χ3n) is 12.6. The summed E-state index contributed by atoms with van der Waals surface area (Å²) in [5, 5.41) is 46.1. The Hall–Kier alpha value is -1.35. The van der Waals surface area contributed by atoms with Gasteiger partial charge in [0.15, 0.2) is 0 Å². The van der Waals surface area contributed by atoms with Gasteiger partial charge in [-0.1, -0.05) is 53.2 Å². The predicted molar refractivity (Wildman–Crippen MR) is 136 cm³/mol. The van der Waals surface area contributed by atoms with Crippen LogP contribution in [0.25, 0.3) is 4.85 Å². The van der Waals surface area contributed by atoms with Crippen LogP contribution in [-0.2, 0) is 0 Å². The minimum Gasteiger partial charge on any atom is -0.523 e. The van der Waals surface area contributed by atoms with Crippen LogP contribution in [0.15, 0.2) is 23.1 Å². The van der Waals surface area contributed by atoms with Crippen molar-refractivity contribution in [2.75, 3.05) is 6.61 Å². The monoisotopic (exact) mass is 483 g/mol. The van der Waals surface area contributed by atoms with Crippen LogP contribution >= 0.6 is 0 Å². The average Bonchev–Trinajstić information content (AvgIpc) is 2.80. The molecule has 194 valence electrons. The molecule has 0 aromatic rings. The van der Waals surface area contributed by atoms with Crippen LogP contribution in [0.5, 0.6) is 0 Å². The maximum Gasteiger partial charge on any atom is 0.203 e. The molecule has 0 amide bonds. The van der Waals surface area contributed by atoms with Gasteiger partial charge in [0, 0.05) is 17.9 Å². The summed E-state index contributed by atoms with van der Waals surface area (Å²) < 4.78 is 0. The van der Waals surface area contributed by atoms with Crippen molar-refractivity contribution in [3.63, 3.8) is 0 Å². The SMILES string of the molecule is [C-]#[N+]C1=C(O)[C@@H](C)[C@@H]2CC[C@]3(C)C(=C[C@@H](O)[C@]4(O)[C@@H]5CC(C)(C)CC[C@]5(CO)CC[C@]43C)[C@@]2(C)C1. The van der Waals surface area contributed by atoms with Crippen LogP contribution < -0.4 is 0 Å². The standard InChI is InChI=1S/C30H45NO4/c1-18-19-8-9-27(5)21(26(19,4)15-20(31-7)24(18)34)14-23(33)30(35)22-16-25(2,3)10-12-29(22,17-32)13-11-28(27,30)6/h14,18-19,22-23,32-35H,8-13,15-17H2,1-6H3/t18-,19-,22+,23+,26-,27+,28-,29+,30+/m0/s1. The van der Waals surface area contributed by atoms with Gasteiger partial charge in [-0.05, 0) is 84.9 Å². The smallest absolute Gasteiger partial charge is 0.203 e. The molecular formula is C30H45NO4. The molecule has 5 heteroatoms. The molecule has 5 nitrogen and oxygen atoms in total. The van der Waals surface area contributed by atoms with Crippen LogP contribution in [0.4, 0.5) is 0 Å². The fourth-order valence-electron chi connectivity index (χ4n) is 10.1. The van der Waals surface area contributed by atoms with Gasteiger partial charge in [-0.15, -0.1) is 0 Å². The van der Waals surface area contributed by atoms with Crippen LogP contribution in [0.2, 0.25) is 0 Å². The summed E-state index contributed by atoms with van der Waals surface area (Å²) >= 11 is 0. The minimum absolute atomic E-state index is 0.0528. The maximum absolute atomic E-state index is 12.8. The van der Waals surface area contributed by atoms with Gasteiger partial charge in [-0.3, -0.25) is 0 Å². The summed E-state index contributed by atoms with van der Waals surface area (Å²) in [6.45, 7) is 21.0. The third kappa shape index (κ3) is 2.85. The van der Waals surface area contributed by atoms with Crippen LogP contribution in [0.1, 0.15) is 92.9 Å². The van der Waals surface area contributed by atoms with Crippen molar-refractivity contribution in [1.29, 1.82) is 0 Å². The van der Waals surface area contributed by atoms with E-state index in [0.717, 1.165) is 44.9 Å². The molecule has 5 aliphatic carbocycles. The summed E-state index contributed by atoms with van der Waals surface area (Å²) in [5.41, 5.74) is -1.24. The molecule has 5 aliphatic rings. The second-order valence-electron chi connectivity index (χ2n) is 14.4. The average molecular weight is 484 g/mol. The van der Waals surface area contributed by atoms with Gasteiger partial charge in [0.2, 0.25) is 5.70 Å². The Morgan fingerprint density at radius 2 is 1.71 bits per heavy atom. The topological polar surface area (TPSA) is 85.3 Å². The van der Waals surface area contributed by atoms with Crippen molar-refractivity contribution in [2.24, 2.45) is 44.8 Å². The van der Waals surface area contributed by atoms with Gasteiger partial charge < -0.3 is 20.4 Å². The number of aliphatic hydroxyl groups is 4. The molecule has 0 bridgehead atoms. The molecule has 9 atom stereocenters. The van der Waals surface area contributed by atoms with Gasteiger partial charge in [-0.25, -0.2) is 4.85 Å². The van der Waals surface area contributed by atoms with Gasteiger partial charge in [0.25, 0.3) is 0 Å². The number of aliphatic hydroxyl groups excluding tert-OH is 3. The lowest BCUT2D eigenvalue weighted by Gasteiger charge is -2.73. The van der Waals surface area contributed by atoms with Crippen LogP contribution in [0.3, 0.4) is 0 Å². The fourth-order valence-corrected chi connectivity index (χ4v) is 10.1. The molecule has 3 fully saturated rings. The maximum atomic E-state index is 12.8. The highest BCUT2D eigenvalue weighted by molar-refractivity contribution is 5.43. The normalized spacial score (nSPS) is 52.9. The van der Waals surface area contributed by atoms with Crippen molar-refractivity contribution in [1.82, 2.24) is 0 Å². The first kappa shape index (κ1) is 25.3. The zero-order chi connectivity index (χ0) is 25.8. The second kappa shape index (κ2) is 7.36. The molecule has 4 N–H and O–H groups in total. The molecule has 0 aliphatic heterocycles. The van der Waals surface area contributed by atoms with Gasteiger partial charge >= 0.3 is 0 Å². The molecule has 0 aromatic heterocycles. The summed E-state index contributed by atoms with van der Waals surface area (Å²) in [4.78, 5) is 3.71. The first-order valence-electron chi connectivity index (χ1n) is 13.7.